The highest BCUT2D eigenvalue weighted by atomic mass is 14.9. The van der Waals surface area contributed by atoms with Gasteiger partial charge in [-0.25, -0.2) is 0 Å². The third-order valence-electron chi connectivity index (χ3n) is 4.01. The van der Waals surface area contributed by atoms with Crippen molar-refractivity contribution in [2.45, 2.75) is 32.2 Å². The van der Waals surface area contributed by atoms with Crippen LogP contribution in [0.15, 0.2) is 30.5 Å². The van der Waals surface area contributed by atoms with Crippen molar-refractivity contribution in [3.05, 3.63) is 30.5 Å². The van der Waals surface area contributed by atoms with Crippen LogP contribution in [0.2, 0.25) is 0 Å². The Kier molecular flexibility index (Phi) is 2.82. The van der Waals surface area contributed by atoms with Crippen LogP contribution in [0.1, 0.15) is 26.2 Å². The van der Waals surface area contributed by atoms with Crippen LogP contribution >= 0.6 is 0 Å². The molecule has 18 heavy (non-hydrogen) atoms. The van der Waals surface area contributed by atoms with Gasteiger partial charge in [0.05, 0.1) is 5.52 Å². The molecule has 1 aliphatic carbocycles. The number of fused-ring (bicyclic) bond motifs is 1. The number of anilines is 2. The molecule has 1 aromatic heterocycles. The lowest BCUT2D eigenvalue weighted by atomic mass is 9.80. The molecule has 3 N–H and O–H groups in total. The molecular formula is C15H19N3. The lowest BCUT2D eigenvalue weighted by Crippen LogP contribution is -2.30. The number of aromatic nitrogens is 1. The third-order valence-corrected chi connectivity index (χ3v) is 4.01. The number of hydrogen-bond donors (Lipinski definition) is 2. The molecule has 1 unspecified atom stereocenters. The van der Waals surface area contributed by atoms with Gasteiger partial charge in [0.2, 0.25) is 0 Å². The Bertz CT molecular complexity index is 561. The van der Waals surface area contributed by atoms with Crippen LogP contribution in [0.3, 0.4) is 0 Å². The van der Waals surface area contributed by atoms with Gasteiger partial charge in [-0.15, -0.1) is 0 Å². The van der Waals surface area contributed by atoms with E-state index in [0.717, 1.165) is 22.5 Å². The van der Waals surface area contributed by atoms with Gasteiger partial charge in [-0.05, 0) is 49.9 Å². The minimum atomic E-state index is 0.530. The average molecular weight is 241 g/mol. The standard InChI is InChI=1S/C15H19N3/c1-10(11-3-2-4-11)18-14-7-8-17-15-9-12(16)5-6-13(14)15/h5-11H,2-4,16H2,1H3,(H,17,18). The first kappa shape index (κ1) is 11.3. The van der Waals surface area contributed by atoms with Crippen LogP contribution in [0.25, 0.3) is 10.9 Å². The van der Waals surface area contributed by atoms with Crippen LogP contribution in [-0.2, 0) is 0 Å². The van der Waals surface area contributed by atoms with Gasteiger partial charge < -0.3 is 11.1 Å². The van der Waals surface area contributed by atoms with Crippen LogP contribution < -0.4 is 11.1 Å². The molecule has 1 fully saturated rings. The fourth-order valence-electron chi connectivity index (χ4n) is 2.59. The van der Waals surface area contributed by atoms with E-state index in [1.807, 2.05) is 30.5 Å². The first-order valence-corrected chi connectivity index (χ1v) is 6.65. The smallest absolute Gasteiger partial charge is 0.0743 e. The molecule has 0 bridgehead atoms. The highest BCUT2D eigenvalue weighted by molar-refractivity contribution is 5.92. The van der Waals surface area contributed by atoms with Gasteiger partial charge in [0.1, 0.15) is 0 Å². The molecule has 0 amide bonds. The van der Waals surface area contributed by atoms with Crippen LogP contribution in [0.4, 0.5) is 11.4 Å². The summed E-state index contributed by atoms with van der Waals surface area (Å²) in [4.78, 5) is 4.37. The van der Waals surface area contributed by atoms with Gasteiger partial charge in [0, 0.05) is 29.0 Å². The van der Waals surface area contributed by atoms with E-state index < -0.39 is 0 Å². The van der Waals surface area contributed by atoms with Crippen molar-refractivity contribution in [2.24, 2.45) is 5.92 Å². The minimum Gasteiger partial charge on any atom is -0.399 e. The second-order valence-corrected chi connectivity index (χ2v) is 5.26. The van der Waals surface area contributed by atoms with Crippen molar-refractivity contribution in [3.8, 4) is 0 Å². The number of nitrogens with zero attached hydrogens (tertiary/aromatic N) is 1. The zero-order valence-corrected chi connectivity index (χ0v) is 10.7. The van der Waals surface area contributed by atoms with Crippen molar-refractivity contribution in [1.82, 2.24) is 4.98 Å². The predicted octanol–water partition coefficient (Wildman–Crippen LogP) is 3.42. The van der Waals surface area contributed by atoms with Gasteiger partial charge in [-0.3, -0.25) is 4.98 Å². The fraction of sp³-hybridized carbons (Fsp3) is 0.400. The molecule has 2 aromatic rings. The Morgan fingerprint density at radius 1 is 1.33 bits per heavy atom. The fourth-order valence-corrected chi connectivity index (χ4v) is 2.59. The third kappa shape index (κ3) is 2.01. The maximum absolute atomic E-state index is 5.79. The molecule has 1 saturated carbocycles. The topological polar surface area (TPSA) is 50.9 Å². The molecule has 0 spiro atoms. The van der Waals surface area contributed by atoms with Crippen molar-refractivity contribution in [2.75, 3.05) is 11.1 Å². The van der Waals surface area contributed by atoms with E-state index in [2.05, 4.69) is 17.2 Å². The summed E-state index contributed by atoms with van der Waals surface area (Å²) in [7, 11) is 0. The molecule has 94 valence electrons. The predicted molar refractivity (Wildman–Crippen MR) is 76.6 cm³/mol. The van der Waals surface area contributed by atoms with Gasteiger partial charge in [-0.1, -0.05) is 6.42 Å². The molecule has 3 heteroatoms. The average Bonchev–Trinajstić information content (AvgIpc) is 2.26. The molecule has 3 rings (SSSR count). The number of nitrogen functional groups attached to an aromatic ring is 1. The minimum absolute atomic E-state index is 0.530. The molecule has 1 aromatic carbocycles. The lowest BCUT2D eigenvalue weighted by Gasteiger charge is -2.32. The summed E-state index contributed by atoms with van der Waals surface area (Å²) in [6, 6.07) is 8.49. The second-order valence-electron chi connectivity index (χ2n) is 5.26. The van der Waals surface area contributed by atoms with E-state index >= 15 is 0 Å². The van der Waals surface area contributed by atoms with E-state index in [1.54, 1.807) is 0 Å². The SMILES string of the molecule is CC(Nc1ccnc2cc(N)ccc12)C1CCC1. The first-order valence-electron chi connectivity index (χ1n) is 6.65. The van der Waals surface area contributed by atoms with Gasteiger partial charge in [0.15, 0.2) is 0 Å². The van der Waals surface area contributed by atoms with Gasteiger partial charge in [0.25, 0.3) is 0 Å². The van der Waals surface area contributed by atoms with E-state index in [0.29, 0.717) is 6.04 Å². The Morgan fingerprint density at radius 3 is 2.89 bits per heavy atom. The summed E-state index contributed by atoms with van der Waals surface area (Å²) in [6.07, 6.45) is 5.93. The molecule has 1 heterocycles. The summed E-state index contributed by atoms with van der Waals surface area (Å²) in [6.45, 7) is 2.27. The molecule has 0 radical (unpaired) electrons. The zero-order valence-electron chi connectivity index (χ0n) is 10.7. The van der Waals surface area contributed by atoms with Crippen LogP contribution in [-0.4, -0.2) is 11.0 Å². The largest absolute Gasteiger partial charge is 0.399 e. The summed E-state index contributed by atoms with van der Waals surface area (Å²) < 4.78 is 0. The normalized spacial score (nSPS) is 17.4. The van der Waals surface area contributed by atoms with E-state index in [-0.39, 0.29) is 0 Å². The summed E-state index contributed by atoms with van der Waals surface area (Å²) >= 11 is 0. The lowest BCUT2D eigenvalue weighted by molar-refractivity contribution is 0.285. The highest BCUT2D eigenvalue weighted by Crippen LogP contribution is 2.32. The quantitative estimate of drug-likeness (QED) is 0.809. The Morgan fingerprint density at radius 2 is 2.17 bits per heavy atom. The second kappa shape index (κ2) is 4.48. The van der Waals surface area contributed by atoms with Crippen LogP contribution in [0.5, 0.6) is 0 Å². The molecular weight excluding hydrogens is 222 g/mol. The highest BCUT2D eigenvalue weighted by Gasteiger charge is 2.23. The number of benzene rings is 1. The van der Waals surface area contributed by atoms with Crippen LogP contribution in [0, 0.1) is 5.92 Å². The summed E-state index contributed by atoms with van der Waals surface area (Å²) in [5.74, 6) is 0.821. The van der Waals surface area contributed by atoms with Crippen molar-refractivity contribution >= 4 is 22.3 Å². The van der Waals surface area contributed by atoms with E-state index in [9.17, 15) is 0 Å². The first-order chi connectivity index (χ1) is 8.74. The number of nitrogens with two attached hydrogens (primary N) is 1. The van der Waals surface area contributed by atoms with Crippen molar-refractivity contribution in [3.63, 3.8) is 0 Å². The molecule has 0 saturated heterocycles. The van der Waals surface area contributed by atoms with E-state index in [4.69, 9.17) is 5.73 Å². The number of hydrogen-bond acceptors (Lipinski definition) is 3. The maximum Gasteiger partial charge on any atom is 0.0743 e. The Balaban J connectivity index is 1.91. The molecule has 3 nitrogen and oxygen atoms in total. The molecule has 1 aliphatic rings. The van der Waals surface area contributed by atoms with Gasteiger partial charge >= 0.3 is 0 Å². The van der Waals surface area contributed by atoms with Gasteiger partial charge in [-0.2, -0.15) is 0 Å². The Labute approximate surface area is 107 Å². The zero-order chi connectivity index (χ0) is 12.5. The number of nitrogens with one attached hydrogen (secondary N) is 1. The summed E-state index contributed by atoms with van der Waals surface area (Å²) in [5.41, 5.74) is 8.68. The Hall–Kier alpha value is -1.77. The maximum atomic E-state index is 5.79. The van der Waals surface area contributed by atoms with E-state index in [1.165, 1.54) is 24.9 Å². The molecule has 0 aliphatic heterocycles. The number of rotatable bonds is 3. The summed E-state index contributed by atoms with van der Waals surface area (Å²) in [5, 5.41) is 4.78. The number of pyridine rings is 1. The van der Waals surface area contributed by atoms with Crippen molar-refractivity contribution in [1.29, 1.82) is 0 Å². The monoisotopic (exact) mass is 241 g/mol. The van der Waals surface area contributed by atoms with Crippen molar-refractivity contribution < 1.29 is 0 Å². The molecule has 1 atom stereocenters.